The molecule has 0 fully saturated rings. The zero-order chi connectivity index (χ0) is 21.1. The molecule has 6 nitrogen and oxygen atoms in total. The lowest BCUT2D eigenvalue weighted by Gasteiger charge is -2.20. The number of nitrogens with one attached hydrogen (secondary N) is 1. The van der Waals surface area contributed by atoms with Crippen LogP contribution in [0.4, 0.5) is 5.69 Å². The summed E-state index contributed by atoms with van der Waals surface area (Å²) in [5.74, 6) is -0.166. The predicted molar refractivity (Wildman–Crippen MR) is 117 cm³/mol. The molecule has 4 rings (SSSR count). The lowest BCUT2D eigenvalue weighted by Crippen LogP contribution is -2.24. The van der Waals surface area contributed by atoms with Gasteiger partial charge in [0.25, 0.3) is 10.0 Å². The molecule has 1 N–H and O–H groups in total. The Bertz CT molecular complexity index is 1190. The summed E-state index contributed by atoms with van der Waals surface area (Å²) in [4.78, 5) is 12.4. The number of carbonyl (C=O) groups excluding carboxylic acids is 1. The van der Waals surface area contributed by atoms with Crippen LogP contribution in [0.3, 0.4) is 0 Å². The minimum absolute atomic E-state index is 0.166. The highest BCUT2D eigenvalue weighted by atomic mass is 32.2. The molecule has 1 atom stereocenters. The second kappa shape index (κ2) is 8.12. The fourth-order valence-corrected chi connectivity index (χ4v) is 4.63. The Hall–Kier alpha value is -3.45. The molecule has 1 amide bonds. The maximum absolute atomic E-state index is 12.8. The van der Waals surface area contributed by atoms with Gasteiger partial charge in [-0.1, -0.05) is 66.7 Å². The monoisotopic (exact) mass is 419 g/mol. The largest absolute Gasteiger partial charge is 0.279 e. The predicted octanol–water partition coefficient (Wildman–Crippen LogP) is 4.19. The number of nitrogens with zero attached hydrogens (tertiary/aromatic N) is 2. The third-order valence-corrected chi connectivity index (χ3v) is 6.33. The van der Waals surface area contributed by atoms with Gasteiger partial charge in [-0.15, -0.1) is 0 Å². The van der Waals surface area contributed by atoms with Crippen LogP contribution in [-0.4, -0.2) is 25.0 Å². The molecule has 3 aromatic rings. The van der Waals surface area contributed by atoms with E-state index in [1.165, 1.54) is 11.9 Å². The quantitative estimate of drug-likeness (QED) is 0.674. The van der Waals surface area contributed by atoms with E-state index in [1.54, 1.807) is 42.5 Å². The normalized spacial score (nSPS) is 16.2. The summed E-state index contributed by atoms with van der Waals surface area (Å²) in [6, 6.07) is 24.8. The Labute approximate surface area is 175 Å². The van der Waals surface area contributed by atoms with Gasteiger partial charge in [-0.05, 0) is 23.8 Å². The smallest absolute Gasteiger partial charge is 0.261 e. The van der Waals surface area contributed by atoms with Crippen LogP contribution in [0.2, 0.25) is 0 Å². The molecule has 1 aliphatic heterocycles. The molecular weight excluding hydrogens is 398 g/mol. The van der Waals surface area contributed by atoms with E-state index in [1.807, 2.05) is 42.5 Å². The second-order valence-corrected chi connectivity index (χ2v) is 8.69. The van der Waals surface area contributed by atoms with Crippen LogP contribution >= 0.6 is 0 Å². The summed E-state index contributed by atoms with van der Waals surface area (Å²) in [7, 11) is -3.75. The van der Waals surface area contributed by atoms with Gasteiger partial charge in [-0.25, -0.2) is 13.4 Å². The summed E-state index contributed by atoms with van der Waals surface area (Å²) < 4.78 is 28.3. The molecule has 0 saturated heterocycles. The van der Waals surface area contributed by atoms with Gasteiger partial charge in [0.15, 0.2) is 0 Å². The number of carbonyl (C=O) groups is 1. The van der Waals surface area contributed by atoms with E-state index in [2.05, 4.69) is 9.82 Å². The second-order valence-electron chi connectivity index (χ2n) is 7.01. The van der Waals surface area contributed by atoms with Crippen molar-refractivity contribution >= 4 is 27.3 Å². The number of hydrogen-bond acceptors (Lipinski definition) is 4. The van der Waals surface area contributed by atoms with Crippen LogP contribution < -0.4 is 4.72 Å². The van der Waals surface area contributed by atoms with Crippen LogP contribution in [0, 0.1) is 0 Å². The van der Waals surface area contributed by atoms with Gasteiger partial charge in [0.2, 0.25) is 5.91 Å². The summed E-state index contributed by atoms with van der Waals surface area (Å²) in [5, 5.41) is 6.01. The zero-order valence-corrected chi connectivity index (χ0v) is 17.2. The Morgan fingerprint density at radius 1 is 0.933 bits per heavy atom. The summed E-state index contributed by atoms with van der Waals surface area (Å²) >= 11 is 0. The lowest BCUT2D eigenvalue weighted by molar-refractivity contribution is -0.130. The molecule has 3 aromatic carbocycles. The number of hydrogen-bond donors (Lipinski definition) is 1. The minimum atomic E-state index is -3.75. The van der Waals surface area contributed by atoms with Gasteiger partial charge in [-0.3, -0.25) is 9.52 Å². The highest BCUT2D eigenvalue weighted by Crippen LogP contribution is 2.34. The molecule has 0 aromatic heterocycles. The van der Waals surface area contributed by atoms with Crippen molar-refractivity contribution in [2.24, 2.45) is 5.10 Å². The highest BCUT2D eigenvalue weighted by molar-refractivity contribution is 7.92. The number of sulfonamides is 1. The topological polar surface area (TPSA) is 78.8 Å². The number of rotatable bonds is 5. The highest BCUT2D eigenvalue weighted by Gasteiger charge is 2.32. The molecule has 0 saturated carbocycles. The number of anilines is 1. The molecule has 0 bridgehead atoms. The maximum atomic E-state index is 12.8. The lowest BCUT2D eigenvalue weighted by atomic mass is 9.98. The van der Waals surface area contributed by atoms with E-state index in [4.69, 9.17) is 0 Å². The molecule has 1 aliphatic rings. The van der Waals surface area contributed by atoms with Crippen LogP contribution in [0.25, 0.3) is 0 Å². The van der Waals surface area contributed by atoms with E-state index in [-0.39, 0.29) is 16.8 Å². The molecular formula is C23H21N3O3S. The number of benzene rings is 3. The van der Waals surface area contributed by atoms with Crippen molar-refractivity contribution in [3.63, 3.8) is 0 Å². The van der Waals surface area contributed by atoms with Gasteiger partial charge in [0, 0.05) is 18.9 Å². The minimum Gasteiger partial charge on any atom is -0.279 e. The van der Waals surface area contributed by atoms with Gasteiger partial charge >= 0.3 is 0 Å². The Kier molecular flexibility index (Phi) is 5.37. The van der Waals surface area contributed by atoms with E-state index in [0.29, 0.717) is 23.4 Å². The van der Waals surface area contributed by atoms with E-state index >= 15 is 0 Å². The van der Waals surface area contributed by atoms with E-state index in [9.17, 15) is 13.2 Å². The van der Waals surface area contributed by atoms with E-state index < -0.39 is 10.0 Å². The Balaban J connectivity index is 1.69. The fourth-order valence-electron chi connectivity index (χ4n) is 3.53. The van der Waals surface area contributed by atoms with Gasteiger partial charge in [-0.2, -0.15) is 5.10 Å². The SMILES string of the molecule is CC(=O)N1N=C(c2ccccc2NS(=O)(=O)c2ccccc2)C[C@@H]1c1ccccc1. The average molecular weight is 420 g/mol. The van der Waals surface area contributed by atoms with Crippen molar-refractivity contribution in [2.45, 2.75) is 24.3 Å². The van der Waals surface area contributed by atoms with Crippen molar-refractivity contribution in [3.05, 3.63) is 96.1 Å². The number of amides is 1. The first kappa shape index (κ1) is 19.8. The van der Waals surface area contributed by atoms with Gasteiger partial charge < -0.3 is 0 Å². The molecule has 0 aliphatic carbocycles. The molecule has 30 heavy (non-hydrogen) atoms. The maximum Gasteiger partial charge on any atom is 0.261 e. The van der Waals surface area contributed by atoms with Crippen molar-refractivity contribution in [1.82, 2.24) is 5.01 Å². The first-order chi connectivity index (χ1) is 14.5. The summed E-state index contributed by atoms with van der Waals surface area (Å²) in [6.45, 7) is 1.48. The van der Waals surface area contributed by atoms with Crippen LogP contribution in [0.1, 0.15) is 30.5 Å². The first-order valence-corrected chi connectivity index (χ1v) is 11.0. The number of para-hydroxylation sites is 1. The number of hydrazone groups is 1. The molecule has 152 valence electrons. The third kappa shape index (κ3) is 3.97. The zero-order valence-electron chi connectivity index (χ0n) is 16.4. The van der Waals surface area contributed by atoms with Crippen LogP contribution in [0.5, 0.6) is 0 Å². The molecule has 0 spiro atoms. The fraction of sp³-hybridized carbons (Fsp3) is 0.130. The van der Waals surface area contributed by atoms with Crippen molar-refractivity contribution in [3.8, 4) is 0 Å². The first-order valence-electron chi connectivity index (χ1n) is 9.55. The summed E-state index contributed by atoms with van der Waals surface area (Å²) in [5.41, 5.74) is 2.72. The van der Waals surface area contributed by atoms with Crippen LogP contribution in [-0.2, 0) is 14.8 Å². The Morgan fingerprint density at radius 2 is 1.53 bits per heavy atom. The van der Waals surface area contributed by atoms with E-state index in [0.717, 1.165) is 5.56 Å². The molecule has 0 radical (unpaired) electrons. The van der Waals surface area contributed by atoms with Crippen molar-refractivity contribution < 1.29 is 13.2 Å². The van der Waals surface area contributed by atoms with Gasteiger partial charge in [0.05, 0.1) is 22.3 Å². The van der Waals surface area contributed by atoms with Crippen molar-refractivity contribution in [1.29, 1.82) is 0 Å². The molecule has 0 unspecified atom stereocenters. The summed E-state index contributed by atoms with van der Waals surface area (Å²) in [6.07, 6.45) is 0.494. The molecule has 7 heteroatoms. The molecule has 1 heterocycles. The Morgan fingerprint density at radius 3 is 2.20 bits per heavy atom. The van der Waals surface area contributed by atoms with Crippen molar-refractivity contribution in [2.75, 3.05) is 4.72 Å². The van der Waals surface area contributed by atoms with Crippen LogP contribution in [0.15, 0.2) is 94.9 Å². The van der Waals surface area contributed by atoms with Gasteiger partial charge in [0.1, 0.15) is 0 Å². The average Bonchev–Trinajstić information content (AvgIpc) is 3.21. The standard InChI is InChI=1S/C23H21N3O3S/c1-17(27)26-23(18-10-4-2-5-11-18)16-22(24-26)20-14-8-9-15-21(20)25-30(28,29)19-12-6-3-7-13-19/h2-15,23,25H,16H2,1H3/t23-/m1/s1. The third-order valence-electron chi connectivity index (χ3n) is 4.95.